The van der Waals surface area contributed by atoms with Crippen LogP contribution in [0.25, 0.3) is 0 Å². The van der Waals surface area contributed by atoms with Crippen molar-refractivity contribution >= 4 is 23.4 Å². The van der Waals surface area contributed by atoms with E-state index in [0.29, 0.717) is 5.69 Å². The third kappa shape index (κ3) is 4.70. The molecule has 29 heavy (non-hydrogen) atoms. The number of carbonyl (C=O) groups excluding carboxylic acids is 3. The first-order chi connectivity index (χ1) is 14.0. The Kier molecular flexibility index (Phi) is 6.74. The summed E-state index contributed by atoms with van der Waals surface area (Å²) >= 11 is 0. The van der Waals surface area contributed by atoms with Gasteiger partial charge >= 0.3 is 0 Å². The van der Waals surface area contributed by atoms with Gasteiger partial charge in [-0.05, 0) is 17.7 Å². The number of imide groups is 1. The molecule has 2 aromatic carbocycles. The molecule has 0 saturated carbocycles. The number of carbonyl (C=O) groups is 3. The van der Waals surface area contributed by atoms with Crippen molar-refractivity contribution in [3.63, 3.8) is 0 Å². The Morgan fingerprint density at radius 3 is 2.21 bits per heavy atom. The summed E-state index contributed by atoms with van der Waals surface area (Å²) in [6.07, 6.45) is -0.665. The highest BCUT2D eigenvalue weighted by molar-refractivity contribution is 6.23. The second kappa shape index (κ2) is 9.45. The maximum atomic E-state index is 13.1. The topological polar surface area (TPSA) is 76.2 Å². The van der Waals surface area contributed by atoms with E-state index in [1.165, 1.54) is 19.1 Å². The van der Waals surface area contributed by atoms with Crippen molar-refractivity contribution in [3.05, 3.63) is 66.2 Å². The zero-order valence-electron chi connectivity index (χ0n) is 16.5. The Morgan fingerprint density at radius 1 is 1.03 bits per heavy atom. The summed E-state index contributed by atoms with van der Waals surface area (Å²) in [6, 6.07) is 17.1. The number of nitrogens with zero attached hydrogens (tertiary/aromatic N) is 2. The van der Waals surface area contributed by atoms with Crippen LogP contribution in [0, 0.1) is 0 Å². The van der Waals surface area contributed by atoms with Gasteiger partial charge in [0.05, 0.1) is 25.1 Å². The molecule has 7 nitrogen and oxygen atoms in total. The van der Waals surface area contributed by atoms with Crippen molar-refractivity contribution in [2.45, 2.75) is 25.2 Å². The Hall–Kier alpha value is -3.03. The molecule has 3 amide bonds. The van der Waals surface area contributed by atoms with Crippen LogP contribution >= 0.6 is 0 Å². The van der Waals surface area contributed by atoms with E-state index < -0.39 is 18.2 Å². The number of amides is 3. The van der Waals surface area contributed by atoms with Crippen LogP contribution in [0.5, 0.6) is 0 Å². The second-order valence-electron chi connectivity index (χ2n) is 6.73. The largest absolute Gasteiger partial charge is 0.354 e. The van der Waals surface area contributed by atoms with E-state index in [2.05, 4.69) is 0 Å². The summed E-state index contributed by atoms with van der Waals surface area (Å²) in [5, 5.41) is 0. The van der Waals surface area contributed by atoms with E-state index in [9.17, 15) is 14.4 Å². The van der Waals surface area contributed by atoms with Crippen molar-refractivity contribution in [2.75, 3.05) is 25.7 Å². The quantitative estimate of drug-likeness (QED) is 0.504. The lowest BCUT2D eigenvalue weighted by Crippen LogP contribution is -2.49. The Labute approximate surface area is 169 Å². The van der Waals surface area contributed by atoms with Crippen LogP contribution in [-0.4, -0.2) is 55.7 Å². The van der Waals surface area contributed by atoms with Gasteiger partial charge in [0.2, 0.25) is 11.8 Å². The summed E-state index contributed by atoms with van der Waals surface area (Å²) in [7, 11) is 2.93. The molecule has 152 valence electrons. The molecule has 1 heterocycles. The average Bonchev–Trinajstić information content (AvgIpc) is 3.04. The number of hydrogen-bond donors (Lipinski definition) is 0. The van der Waals surface area contributed by atoms with Crippen LogP contribution in [0.2, 0.25) is 0 Å². The number of hydrogen-bond acceptors (Lipinski definition) is 5. The van der Waals surface area contributed by atoms with E-state index in [4.69, 9.17) is 9.47 Å². The first-order valence-corrected chi connectivity index (χ1v) is 9.36. The Bertz CT molecular complexity index is 852. The van der Waals surface area contributed by atoms with Crippen LogP contribution < -0.4 is 4.90 Å². The van der Waals surface area contributed by atoms with Gasteiger partial charge in [0.1, 0.15) is 6.04 Å². The molecule has 1 unspecified atom stereocenters. The zero-order chi connectivity index (χ0) is 20.8. The molecule has 0 N–H and O–H groups in total. The van der Waals surface area contributed by atoms with E-state index in [1.54, 1.807) is 24.3 Å². The van der Waals surface area contributed by atoms with Crippen LogP contribution in [0.3, 0.4) is 0 Å². The van der Waals surface area contributed by atoms with E-state index in [0.717, 1.165) is 10.5 Å². The Morgan fingerprint density at radius 2 is 1.62 bits per heavy atom. The lowest BCUT2D eigenvalue weighted by molar-refractivity contribution is -0.152. The molecule has 2 aromatic rings. The van der Waals surface area contributed by atoms with Gasteiger partial charge in [-0.1, -0.05) is 48.5 Å². The van der Waals surface area contributed by atoms with E-state index in [1.807, 2.05) is 36.4 Å². The highest BCUT2D eigenvalue weighted by Crippen LogP contribution is 2.26. The molecule has 1 aliphatic rings. The maximum absolute atomic E-state index is 13.1. The fourth-order valence-corrected chi connectivity index (χ4v) is 3.39. The molecule has 1 aliphatic heterocycles. The molecule has 3 rings (SSSR count). The number of methoxy groups -OCH3 is 2. The molecular formula is C22H24N2O5. The second-order valence-corrected chi connectivity index (χ2v) is 6.73. The molecule has 1 atom stereocenters. The third-order valence-electron chi connectivity index (χ3n) is 4.90. The number of benzene rings is 2. The average molecular weight is 396 g/mol. The summed E-state index contributed by atoms with van der Waals surface area (Å²) in [5.74, 6) is -1.03. The SMILES string of the molecule is COC(CN(C(=O)Cc1ccccc1)C1CC(=O)N(c2ccccc2)C1=O)OC. The highest BCUT2D eigenvalue weighted by atomic mass is 16.7. The highest BCUT2D eigenvalue weighted by Gasteiger charge is 2.44. The van der Waals surface area contributed by atoms with Crippen molar-refractivity contribution < 1.29 is 23.9 Å². The Balaban J connectivity index is 1.86. The number of ether oxygens (including phenoxy) is 2. The molecule has 7 heteroatoms. The van der Waals surface area contributed by atoms with Crippen molar-refractivity contribution in [2.24, 2.45) is 0 Å². The van der Waals surface area contributed by atoms with Gasteiger partial charge < -0.3 is 14.4 Å². The summed E-state index contributed by atoms with van der Waals surface area (Å²) in [5.41, 5.74) is 1.32. The van der Waals surface area contributed by atoms with Gasteiger partial charge in [0, 0.05) is 14.2 Å². The molecule has 0 aromatic heterocycles. The lowest BCUT2D eigenvalue weighted by atomic mass is 10.1. The van der Waals surface area contributed by atoms with Gasteiger partial charge in [-0.25, -0.2) is 4.90 Å². The monoisotopic (exact) mass is 396 g/mol. The lowest BCUT2D eigenvalue weighted by Gasteiger charge is -2.30. The standard InChI is InChI=1S/C22H24N2O5/c1-28-21(29-2)15-23(19(25)13-16-9-5-3-6-10-16)18-14-20(26)24(22(18)27)17-11-7-4-8-12-17/h3-12,18,21H,13-15H2,1-2H3. The van der Waals surface area contributed by atoms with Gasteiger partial charge in [0.25, 0.3) is 5.91 Å². The van der Waals surface area contributed by atoms with Gasteiger partial charge in [0.15, 0.2) is 6.29 Å². The summed E-state index contributed by atoms with van der Waals surface area (Å²) < 4.78 is 10.5. The normalized spacial score (nSPS) is 16.5. The first kappa shape index (κ1) is 20.7. The molecule has 1 saturated heterocycles. The minimum Gasteiger partial charge on any atom is -0.354 e. The van der Waals surface area contributed by atoms with E-state index >= 15 is 0 Å². The smallest absolute Gasteiger partial charge is 0.257 e. The van der Waals surface area contributed by atoms with E-state index in [-0.39, 0.29) is 31.2 Å². The molecule has 0 bridgehead atoms. The zero-order valence-corrected chi connectivity index (χ0v) is 16.5. The first-order valence-electron chi connectivity index (χ1n) is 9.36. The van der Waals surface area contributed by atoms with Gasteiger partial charge in [-0.15, -0.1) is 0 Å². The molecule has 0 aliphatic carbocycles. The minimum absolute atomic E-state index is 0.0466. The van der Waals surface area contributed by atoms with Crippen LogP contribution in [0.15, 0.2) is 60.7 Å². The van der Waals surface area contributed by atoms with Gasteiger partial charge in [-0.3, -0.25) is 14.4 Å². The maximum Gasteiger partial charge on any atom is 0.257 e. The van der Waals surface area contributed by atoms with Crippen LogP contribution in [0.1, 0.15) is 12.0 Å². The molecule has 0 radical (unpaired) electrons. The van der Waals surface area contributed by atoms with Crippen molar-refractivity contribution in [3.8, 4) is 0 Å². The van der Waals surface area contributed by atoms with Crippen molar-refractivity contribution in [1.82, 2.24) is 4.90 Å². The summed E-state index contributed by atoms with van der Waals surface area (Å²) in [6.45, 7) is 0.0466. The fourth-order valence-electron chi connectivity index (χ4n) is 3.39. The van der Waals surface area contributed by atoms with Crippen molar-refractivity contribution in [1.29, 1.82) is 0 Å². The molecular weight excluding hydrogens is 372 g/mol. The van der Waals surface area contributed by atoms with Gasteiger partial charge in [-0.2, -0.15) is 0 Å². The minimum atomic E-state index is -0.897. The third-order valence-corrected chi connectivity index (χ3v) is 4.90. The molecule has 1 fully saturated rings. The number of anilines is 1. The molecule has 0 spiro atoms. The van der Waals surface area contributed by atoms with Crippen LogP contribution in [0.4, 0.5) is 5.69 Å². The predicted molar refractivity (Wildman–Crippen MR) is 107 cm³/mol. The number of para-hydroxylation sites is 1. The van der Waals surface area contributed by atoms with Crippen LogP contribution in [-0.2, 0) is 30.3 Å². The fraction of sp³-hybridized carbons (Fsp3) is 0.318. The predicted octanol–water partition coefficient (Wildman–Crippen LogP) is 2.01. The summed E-state index contributed by atoms with van der Waals surface area (Å²) in [4.78, 5) is 41.3. The number of rotatable bonds is 8.